The van der Waals surface area contributed by atoms with Gasteiger partial charge in [-0.05, 0) is 53.1 Å². The summed E-state index contributed by atoms with van der Waals surface area (Å²) in [5.41, 5.74) is 0.388. The fourth-order valence-corrected chi connectivity index (χ4v) is 5.05. The van der Waals surface area contributed by atoms with Crippen LogP contribution in [0.25, 0.3) is 0 Å². The van der Waals surface area contributed by atoms with Crippen LogP contribution in [0.3, 0.4) is 0 Å². The summed E-state index contributed by atoms with van der Waals surface area (Å²) in [6, 6.07) is 6.58. The first kappa shape index (κ1) is 20.2. The predicted molar refractivity (Wildman–Crippen MR) is 103 cm³/mol. The molecule has 138 valence electrons. The van der Waals surface area contributed by atoms with E-state index < -0.39 is 15.8 Å². The number of amides is 1. The molecule has 1 fully saturated rings. The van der Waals surface area contributed by atoms with Crippen molar-refractivity contribution in [3.63, 3.8) is 0 Å². The molecule has 8 heteroatoms. The minimum absolute atomic E-state index is 0.0176. The van der Waals surface area contributed by atoms with Crippen molar-refractivity contribution in [2.75, 3.05) is 24.7 Å². The van der Waals surface area contributed by atoms with Crippen molar-refractivity contribution in [1.82, 2.24) is 4.90 Å². The number of esters is 1. The zero-order valence-corrected chi connectivity index (χ0v) is 17.2. The zero-order valence-electron chi connectivity index (χ0n) is 14.3. The second-order valence-electron chi connectivity index (χ2n) is 6.58. The molecule has 1 aromatic rings. The Labute approximate surface area is 162 Å². The molecule has 0 saturated carbocycles. The first-order valence-corrected chi connectivity index (χ1v) is 11.0. The van der Waals surface area contributed by atoms with Gasteiger partial charge in [0.25, 0.3) is 5.91 Å². The Bertz CT molecular complexity index is 747. The maximum atomic E-state index is 12.5. The van der Waals surface area contributed by atoms with Gasteiger partial charge in [-0.2, -0.15) is 0 Å². The molecule has 25 heavy (non-hydrogen) atoms. The highest BCUT2D eigenvalue weighted by molar-refractivity contribution is 14.1. The minimum Gasteiger partial charge on any atom is -0.452 e. The number of sulfone groups is 1. The number of rotatable bonds is 6. The topological polar surface area (TPSA) is 80.8 Å². The third-order valence-corrected chi connectivity index (χ3v) is 6.34. The van der Waals surface area contributed by atoms with Crippen LogP contribution in [-0.4, -0.2) is 55.9 Å². The Hall–Kier alpha value is -1.16. The van der Waals surface area contributed by atoms with Crippen molar-refractivity contribution in [3.05, 3.63) is 33.4 Å². The maximum absolute atomic E-state index is 12.5. The molecule has 1 aromatic carbocycles. The molecule has 0 aromatic heterocycles. The monoisotopic (exact) mass is 479 g/mol. The molecule has 1 unspecified atom stereocenters. The smallest absolute Gasteiger partial charge is 0.338 e. The van der Waals surface area contributed by atoms with Gasteiger partial charge in [-0.3, -0.25) is 4.79 Å². The van der Waals surface area contributed by atoms with E-state index in [-0.39, 0.29) is 36.0 Å². The van der Waals surface area contributed by atoms with E-state index in [4.69, 9.17) is 4.74 Å². The average molecular weight is 479 g/mol. The van der Waals surface area contributed by atoms with Crippen LogP contribution in [0.4, 0.5) is 0 Å². The lowest BCUT2D eigenvalue weighted by Crippen LogP contribution is -2.45. The molecule has 1 saturated heterocycles. The van der Waals surface area contributed by atoms with E-state index in [2.05, 4.69) is 22.6 Å². The Kier molecular flexibility index (Phi) is 6.84. The highest BCUT2D eigenvalue weighted by Crippen LogP contribution is 2.19. The van der Waals surface area contributed by atoms with Crippen LogP contribution in [0, 0.1) is 9.49 Å². The number of carbonyl (C=O) groups is 2. The number of halogens is 1. The Morgan fingerprint density at radius 3 is 2.64 bits per heavy atom. The van der Waals surface area contributed by atoms with Crippen molar-refractivity contribution < 1.29 is 22.7 Å². The van der Waals surface area contributed by atoms with E-state index >= 15 is 0 Å². The molecular formula is C17H22INO5S. The van der Waals surface area contributed by atoms with Crippen LogP contribution in [0.2, 0.25) is 0 Å². The van der Waals surface area contributed by atoms with Crippen LogP contribution < -0.4 is 0 Å². The van der Waals surface area contributed by atoms with Crippen molar-refractivity contribution in [2.24, 2.45) is 5.92 Å². The molecule has 6 nitrogen and oxygen atoms in total. The fraction of sp³-hybridized carbons (Fsp3) is 0.529. The molecule has 0 bridgehead atoms. The highest BCUT2D eigenvalue weighted by atomic mass is 127. The molecule has 1 heterocycles. The van der Waals surface area contributed by atoms with Gasteiger partial charge < -0.3 is 9.64 Å². The van der Waals surface area contributed by atoms with Gasteiger partial charge in [0.2, 0.25) is 0 Å². The molecule has 0 spiro atoms. The molecule has 2 rings (SSSR count). The SMILES string of the molecule is CC(C)CN(C(=O)COC(=O)c1cccc(I)c1)C1CCS(=O)(=O)C1. The lowest BCUT2D eigenvalue weighted by atomic mass is 10.1. The third kappa shape index (κ3) is 5.95. The Morgan fingerprint density at radius 1 is 1.36 bits per heavy atom. The summed E-state index contributed by atoms with van der Waals surface area (Å²) in [5.74, 6) is -0.637. The molecule has 0 radical (unpaired) electrons. The van der Waals surface area contributed by atoms with Crippen molar-refractivity contribution in [1.29, 1.82) is 0 Å². The average Bonchev–Trinajstić information content (AvgIpc) is 2.89. The van der Waals surface area contributed by atoms with E-state index in [1.54, 1.807) is 23.1 Å². The summed E-state index contributed by atoms with van der Waals surface area (Å²) >= 11 is 2.09. The minimum atomic E-state index is -3.09. The lowest BCUT2D eigenvalue weighted by Gasteiger charge is -2.29. The van der Waals surface area contributed by atoms with Crippen LogP contribution >= 0.6 is 22.6 Å². The molecule has 0 aliphatic carbocycles. The molecule has 1 amide bonds. The van der Waals surface area contributed by atoms with Crippen LogP contribution in [0.15, 0.2) is 24.3 Å². The van der Waals surface area contributed by atoms with Crippen molar-refractivity contribution in [3.8, 4) is 0 Å². The van der Waals surface area contributed by atoms with Crippen molar-refractivity contribution >= 4 is 44.3 Å². The van der Waals surface area contributed by atoms with Crippen molar-refractivity contribution in [2.45, 2.75) is 26.3 Å². The lowest BCUT2D eigenvalue weighted by molar-refractivity contribution is -0.137. The largest absolute Gasteiger partial charge is 0.452 e. The summed E-state index contributed by atoms with van der Waals surface area (Å²) in [7, 11) is -3.09. The summed E-state index contributed by atoms with van der Waals surface area (Å²) in [6.45, 7) is 3.98. The van der Waals surface area contributed by atoms with Gasteiger partial charge in [0, 0.05) is 16.2 Å². The molecule has 0 N–H and O–H groups in total. The predicted octanol–water partition coefficient (Wildman–Crippen LogP) is 2.12. The van der Waals surface area contributed by atoms with E-state index in [0.29, 0.717) is 18.5 Å². The quantitative estimate of drug-likeness (QED) is 0.462. The third-order valence-electron chi connectivity index (χ3n) is 3.92. The first-order chi connectivity index (χ1) is 11.7. The van der Waals surface area contributed by atoms with E-state index in [1.807, 2.05) is 19.9 Å². The molecular weight excluding hydrogens is 457 g/mol. The van der Waals surface area contributed by atoms with Gasteiger partial charge in [0.1, 0.15) is 0 Å². The van der Waals surface area contributed by atoms with E-state index in [0.717, 1.165) is 3.57 Å². The van der Waals surface area contributed by atoms with Gasteiger partial charge in [-0.1, -0.05) is 19.9 Å². The molecule has 1 aliphatic rings. The number of ether oxygens (including phenoxy) is 1. The second kappa shape index (κ2) is 8.48. The van der Waals surface area contributed by atoms with Crippen LogP contribution in [-0.2, 0) is 19.4 Å². The Morgan fingerprint density at radius 2 is 2.08 bits per heavy atom. The number of benzene rings is 1. The van der Waals surface area contributed by atoms with Gasteiger partial charge >= 0.3 is 5.97 Å². The number of hydrogen-bond acceptors (Lipinski definition) is 5. The number of nitrogens with zero attached hydrogens (tertiary/aromatic N) is 1. The van der Waals surface area contributed by atoms with Gasteiger partial charge in [0.05, 0.1) is 17.1 Å². The summed E-state index contributed by atoms with van der Waals surface area (Å²) in [5, 5.41) is 0. The first-order valence-electron chi connectivity index (χ1n) is 8.10. The van der Waals surface area contributed by atoms with E-state index in [9.17, 15) is 18.0 Å². The zero-order chi connectivity index (χ0) is 18.6. The summed E-state index contributed by atoms with van der Waals surface area (Å²) in [4.78, 5) is 26.2. The van der Waals surface area contributed by atoms with E-state index in [1.165, 1.54) is 0 Å². The van der Waals surface area contributed by atoms with Gasteiger partial charge in [0.15, 0.2) is 16.4 Å². The summed E-state index contributed by atoms with van der Waals surface area (Å²) in [6.07, 6.45) is 0.436. The maximum Gasteiger partial charge on any atom is 0.338 e. The summed E-state index contributed by atoms with van der Waals surface area (Å²) < 4.78 is 29.5. The van der Waals surface area contributed by atoms with Crippen LogP contribution in [0.1, 0.15) is 30.6 Å². The van der Waals surface area contributed by atoms with Crippen LogP contribution in [0.5, 0.6) is 0 Å². The number of carbonyl (C=O) groups excluding carboxylic acids is 2. The molecule has 1 aliphatic heterocycles. The standard InChI is InChI=1S/C17H22INO5S/c1-12(2)9-19(15-6-7-25(22,23)11-15)16(20)10-24-17(21)13-4-3-5-14(18)8-13/h3-5,8,12,15H,6-7,9-11H2,1-2H3. The molecule has 1 atom stereocenters. The second-order valence-corrected chi connectivity index (χ2v) is 10.1. The normalized spacial score (nSPS) is 19.0. The van der Waals surface area contributed by atoms with Gasteiger partial charge in [-0.25, -0.2) is 13.2 Å². The highest BCUT2D eigenvalue weighted by Gasteiger charge is 2.35. The number of hydrogen-bond donors (Lipinski definition) is 0. The fourth-order valence-electron chi connectivity index (χ4n) is 2.78. The van der Waals surface area contributed by atoms with Gasteiger partial charge in [-0.15, -0.1) is 0 Å². The Balaban J connectivity index is 2.01.